The number of sulfonamides is 1. The van der Waals surface area contributed by atoms with E-state index in [4.69, 9.17) is 10.00 Å². The maximum Gasteiger partial charge on any atom is 0.242 e. The number of methoxy groups -OCH3 is 1. The Hall–Kier alpha value is -2.43. The minimum absolute atomic E-state index is 0.0518. The van der Waals surface area contributed by atoms with Crippen LogP contribution < -0.4 is 9.46 Å². The summed E-state index contributed by atoms with van der Waals surface area (Å²) in [6.45, 7) is -0.0942. The highest BCUT2D eigenvalue weighted by Crippen LogP contribution is 2.19. The normalized spacial score (nSPS) is 11.0. The number of hydrogen-bond donors (Lipinski definition) is 1. The molecule has 0 unspecified atom stereocenters. The highest BCUT2D eigenvalue weighted by Gasteiger charge is 2.18. The SMILES string of the molecule is COc1ccc(CNS(=O)(=O)c2ccccc2C#N)cc1F. The highest BCUT2D eigenvalue weighted by molar-refractivity contribution is 7.89. The molecule has 0 aliphatic carbocycles. The molecule has 2 aromatic carbocycles. The topological polar surface area (TPSA) is 79.2 Å². The van der Waals surface area contributed by atoms with Crippen LogP contribution >= 0.6 is 0 Å². The molecule has 5 nitrogen and oxygen atoms in total. The molecule has 7 heteroatoms. The average Bonchev–Trinajstić information content (AvgIpc) is 2.53. The third-order valence-corrected chi connectivity index (χ3v) is 4.44. The minimum atomic E-state index is -3.86. The lowest BCUT2D eigenvalue weighted by molar-refractivity contribution is 0.386. The summed E-state index contributed by atoms with van der Waals surface area (Å²) in [7, 11) is -2.51. The highest BCUT2D eigenvalue weighted by atomic mass is 32.2. The van der Waals surface area contributed by atoms with Gasteiger partial charge in [-0.3, -0.25) is 0 Å². The molecule has 0 spiro atoms. The largest absolute Gasteiger partial charge is 0.494 e. The van der Waals surface area contributed by atoms with Gasteiger partial charge in [0.2, 0.25) is 10.0 Å². The van der Waals surface area contributed by atoms with Gasteiger partial charge in [-0.05, 0) is 29.8 Å². The van der Waals surface area contributed by atoms with Crippen LogP contribution in [0.25, 0.3) is 0 Å². The van der Waals surface area contributed by atoms with E-state index in [0.717, 1.165) is 0 Å². The number of nitriles is 1. The van der Waals surface area contributed by atoms with E-state index in [0.29, 0.717) is 5.56 Å². The van der Waals surface area contributed by atoms with Gasteiger partial charge in [0.25, 0.3) is 0 Å². The van der Waals surface area contributed by atoms with Crippen molar-refractivity contribution >= 4 is 10.0 Å². The van der Waals surface area contributed by atoms with Gasteiger partial charge >= 0.3 is 0 Å². The van der Waals surface area contributed by atoms with E-state index in [2.05, 4.69) is 4.72 Å². The molecule has 1 N–H and O–H groups in total. The zero-order valence-corrected chi connectivity index (χ0v) is 12.5. The van der Waals surface area contributed by atoms with Gasteiger partial charge in [-0.15, -0.1) is 0 Å². The van der Waals surface area contributed by atoms with Crippen LogP contribution in [0.1, 0.15) is 11.1 Å². The Bertz CT molecular complexity index is 829. The molecule has 0 fully saturated rings. The fraction of sp³-hybridized carbons (Fsp3) is 0.133. The van der Waals surface area contributed by atoms with Crippen molar-refractivity contribution in [2.75, 3.05) is 7.11 Å². The van der Waals surface area contributed by atoms with Gasteiger partial charge in [0, 0.05) is 6.54 Å². The van der Waals surface area contributed by atoms with Crippen LogP contribution in [-0.2, 0) is 16.6 Å². The van der Waals surface area contributed by atoms with Crippen LogP contribution in [0.4, 0.5) is 4.39 Å². The van der Waals surface area contributed by atoms with Crippen molar-refractivity contribution in [1.29, 1.82) is 5.26 Å². The molecule has 114 valence electrons. The first-order chi connectivity index (χ1) is 10.5. The summed E-state index contributed by atoms with van der Waals surface area (Å²) in [6, 6.07) is 11.9. The molecule has 0 radical (unpaired) electrons. The predicted octanol–water partition coefficient (Wildman–Crippen LogP) is 2.18. The van der Waals surface area contributed by atoms with Gasteiger partial charge < -0.3 is 4.74 Å². The molecule has 22 heavy (non-hydrogen) atoms. The molecular weight excluding hydrogens is 307 g/mol. The van der Waals surface area contributed by atoms with Gasteiger partial charge in [0.05, 0.1) is 17.6 Å². The smallest absolute Gasteiger partial charge is 0.242 e. The van der Waals surface area contributed by atoms with E-state index in [-0.39, 0.29) is 22.8 Å². The number of halogens is 1. The lowest BCUT2D eigenvalue weighted by Gasteiger charge is -2.09. The van der Waals surface area contributed by atoms with Crippen molar-refractivity contribution in [3.63, 3.8) is 0 Å². The molecule has 0 saturated heterocycles. The number of nitrogens with zero attached hydrogens (tertiary/aromatic N) is 1. The Balaban J connectivity index is 2.20. The molecule has 0 saturated carbocycles. The molecule has 0 aliphatic rings. The molecule has 2 rings (SSSR count). The molecule has 0 heterocycles. The lowest BCUT2D eigenvalue weighted by atomic mass is 10.2. The fourth-order valence-electron chi connectivity index (χ4n) is 1.87. The van der Waals surface area contributed by atoms with Crippen molar-refractivity contribution < 1.29 is 17.5 Å². The van der Waals surface area contributed by atoms with Crippen LogP contribution in [0.5, 0.6) is 5.75 Å². The second kappa shape index (κ2) is 6.56. The molecule has 0 atom stereocenters. The first kappa shape index (κ1) is 15.9. The minimum Gasteiger partial charge on any atom is -0.494 e. The van der Waals surface area contributed by atoms with Gasteiger partial charge in [-0.2, -0.15) is 5.26 Å². The van der Waals surface area contributed by atoms with Crippen LogP contribution in [0.2, 0.25) is 0 Å². The molecule has 0 bridgehead atoms. The van der Waals surface area contributed by atoms with Gasteiger partial charge in [0.15, 0.2) is 11.6 Å². The van der Waals surface area contributed by atoms with E-state index in [1.807, 2.05) is 6.07 Å². The zero-order valence-electron chi connectivity index (χ0n) is 11.7. The van der Waals surface area contributed by atoms with Crippen LogP contribution in [-0.4, -0.2) is 15.5 Å². The van der Waals surface area contributed by atoms with Gasteiger partial charge in [-0.25, -0.2) is 17.5 Å². The standard InChI is InChI=1S/C15H13FN2O3S/c1-21-14-7-6-11(8-13(14)16)10-18-22(19,20)15-5-3-2-4-12(15)9-17/h2-8,18H,10H2,1H3. The Morgan fingerprint density at radius 1 is 1.27 bits per heavy atom. The second-order valence-corrected chi connectivity index (χ2v) is 6.14. The summed E-state index contributed by atoms with van der Waals surface area (Å²) in [5, 5.41) is 8.96. The maximum absolute atomic E-state index is 13.6. The number of rotatable bonds is 5. The Labute approximate surface area is 128 Å². The zero-order chi connectivity index (χ0) is 16.2. The third kappa shape index (κ3) is 3.42. The van der Waals surface area contributed by atoms with E-state index < -0.39 is 15.8 Å². The van der Waals surface area contributed by atoms with Crippen LogP contribution in [0.3, 0.4) is 0 Å². The van der Waals surface area contributed by atoms with E-state index in [1.165, 1.54) is 37.4 Å². The Morgan fingerprint density at radius 2 is 2.00 bits per heavy atom. The third-order valence-electron chi connectivity index (χ3n) is 2.98. The molecular formula is C15H13FN2O3S. The van der Waals surface area contributed by atoms with E-state index in [1.54, 1.807) is 12.1 Å². The summed E-state index contributed by atoms with van der Waals surface area (Å²) >= 11 is 0. The van der Waals surface area contributed by atoms with Crippen LogP contribution in [0, 0.1) is 17.1 Å². The van der Waals surface area contributed by atoms with Crippen molar-refractivity contribution in [2.24, 2.45) is 0 Å². The summed E-state index contributed by atoms with van der Waals surface area (Å²) in [6.07, 6.45) is 0. The maximum atomic E-state index is 13.6. The molecule has 0 amide bonds. The van der Waals surface area contributed by atoms with Crippen molar-refractivity contribution in [2.45, 2.75) is 11.4 Å². The Kier molecular flexibility index (Phi) is 4.75. The number of ether oxygens (including phenoxy) is 1. The van der Waals surface area contributed by atoms with Crippen molar-refractivity contribution in [3.05, 3.63) is 59.4 Å². The predicted molar refractivity (Wildman–Crippen MR) is 78.1 cm³/mol. The summed E-state index contributed by atoms with van der Waals surface area (Å²) < 4.78 is 45.1. The fourth-order valence-corrected chi connectivity index (χ4v) is 3.04. The molecule has 0 aromatic heterocycles. The number of hydrogen-bond acceptors (Lipinski definition) is 4. The molecule has 2 aromatic rings. The number of nitrogens with one attached hydrogen (secondary N) is 1. The first-order valence-electron chi connectivity index (χ1n) is 6.29. The first-order valence-corrected chi connectivity index (χ1v) is 7.77. The van der Waals surface area contributed by atoms with E-state index >= 15 is 0 Å². The molecule has 0 aliphatic heterocycles. The van der Waals surface area contributed by atoms with Gasteiger partial charge in [0.1, 0.15) is 6.07 Å². The average molecular weight is 320 g/mol. The monoisotopic (exact) mass is 320 g/mol. The quantitative estimate of drug-likeness (QED) is 0.916. The Morgan fingerprint density at radius 3 is 2.64 bits per heavy atom. The van der Waals surface area contributed by atoms with Crippen molar-refractivity contribution in [3.8, 4) is 11.8 Å². The second-order valence-electron chi connectivity index (χ2n) is 4.40. The van der Waals surface area contributed by atoms with Crippen LogP contribution in [0.15, 0.2) is 47.4 Å². The summed E-state index contributed by atoms with van der Waals surface area (Å²) in [5.41, 5.74) is 0.493. The summed E-state index contributed by atoms with van der Waals surface area (Å²) in [4.78, 5) is -0.105. The lowest BCUT2D eigenvalue weighted by Crippen LogP contribution is -2.24. The van der Waals surface area contributed by atoms with Crippen molar-refractivity contribution in [1.82, 2.24) is 4.72 Å². The van der Waals surface area contributed by atoms with Gasteiger partial charge in [-0.1, -0.05) is 18.2 Å². The number of benzene rings is 2. The van der Waals surface area contributed by atoms with E-state index in [9.17, 15) is 12.8 Å². The summed E-state index contributed by atoms with van der Waals surface area (Å²) in [5.74, 6) is -0.488.